The lowest BCUT2D eigenvalue weighted by Gasteiger charge is -2.22. The van der Waals surface area contributed by atoms with E-state index in [0.717, 1.165) is 26.0 Å². The Morgan fingerprint density at radius 3 is 2.43 bits per heavy atom. The first-order chi connectivity index (χ1) is 6.61. The molecular formula is C11H25NO2. The predicted octanol–water partition coefficient (Wildman–Crippen LogP) is 1.41. The third-order valence-corrected chi connectivity index (χ3v) is 2.51. The van der Waals surface area contributed by atoms with E-state index in [-0.39, 0.29) is 6.10 Å². The zero-order chi connectivity index (χ0) is 11.0. The van der Waals surface area contributed by atoms with Crippen LogP contribution in [0.2, 0.25) is 0 Å². The highest BCUT2D eigenvalue weighted by Crippen LogP contribution is 2.02. The van der Waals surface area contributed by atoms with E-state index in [1.807, 2.05) is 6.92 Å². The lowest BCUT2D eigenvalue weighted by Crippen LogP contribution is -2.39. The lowest BCUT2D eigenvalue weighted by molar-refractivity contribution is 0.133. The molecule has 0 spiro atoms. The Balaban J connectivity index is 3.60. The highest BCUT2D eigenvalue weighted by Gasteiger charge is 2.12. The molecule has 2 unspecified atom stereocenters. The van der Waals surface area contributed by atoms with Gasteiger partial charge >= 0.3 is 0 Å². The molecule has 0 radical (unpaired) electrons. The fourth-order valence-corrected chi connectivity index (χ4v) is 1.31. The number of nitrogens with one attached hydrogen (secondary N) is 1. The molecule has 2 N–H and O–H groups in total. The SMILES string of the molecule is CCC(O)CCNC(COC)C(C)C. The van der Waals surface area contributed by atoms with E-state index in [1.165, 1.54) is 0 Å². The van der Waals surface area contributed by atoms with Crippen molar-refractivity contribution in [1.82, 2.24) is 5.32 Å². The van der Waals surface area contributed by atoms with Gasteiger partial charge in [-0.15, -0.1) is 0 Å². The second-order valence-corrected chi connectivity index (χ2v) is 4.11. The van der Waals surface area contributed by atoms with Crippen molar-refractivity contribution >= 4 is 0 Å². The van der Waals surface area contributed by atoms with E-state index in [4.69, 9.17) is 4.74 Å². The summed E-state index contributed by atoms with van der Waals surface area (Å²) in [6.07, 6.45) is 1.49. The van der Waals surface area contributed by atoms with Gasteiger partial charge in [-0.25, -0.2) is 0 Å². The van der Waals surface area contributed by atoms with Gasteiger partial charge < -0.3 is 15.2 Å². The zero-order valence-electron chi connectivity index (χ0n) is 9.92. The fourth-order valence-electron chi connectivity index (χ4n) is 1.31. The Labute approximate surface area is 87.8 Å². The maximum atomic E-state index is 9.37. The van der Waals surface area contributed by atoms with E-state index in [1.54, 1.807) is 7.11 Å². The third-order valence-electron chi connectivity index (χ3n) is 2.51. The summed E-state index contributed by atoms with van der Waals surface area (Å²) in [6.45, 7) is 7.95. The highest BCUT2D eigenvalue weighted by atomic mass is 16.5. The van der Waals surface area contributed by atoms with Crippen molar-refractivity contribution < 1.29 is 9.84 Å². The van der Waals surface area contributed by atoms with Gasteiger partial charge in [0.2, 0.25) is 0 Å². The van der Waals surface area contributed by atoms with Crippen molar-refractivity contribution in [2.75, 3.05) is 20.3 Å². The van der Waals surface area contributed by atoms with Gasteiger partial charge in [-0.05, 0) is 25.3 Å². The molecule has 0 aliphatic rings. The standard InChI is InChI=1S/C11H25NO2/c1-5-10(13)6-7-12-11(8-14-4)9(2)3/h9-13H,5-8H2,1-4H3. The van der Waals surface area contributed by atoms with Crippen LogP contribution in [0, 0.1) is 5.92 Å². The maximum absolute atomic E-state index is 9.37. The van der Waals surface area contributed by atoms with Crippen LogP contribution < -0.4 is 5.32 Å². The fraction of sp³-hybridized carbons (Fsp3) is 1.00. The van der Waals surface area contributed by atoms with Crippen LogP contribution in [-0.4, -0.2) is 37.5 Å². The molecule has 0 aromatic heterocycles. The Bertz CT molecular complexity index is 128. The average Bonchev–Trinajstić information content (AvgIpc) is 2.16. The van der Waals surface area contributed by atoms with Crippen LogP contribution in [0.3, 0.4) is 0 Å². The molecule has 0 saturated heterocycles. The molecule has 3 nitrogen and oxygen atoms in total. The molecule has 0 saturated carbocycles. The van der Waals surface area contributed by atoms with Crippen LogP contribution in [-0.2, 0) is 4.74 Å². The number of hydrogen-bond acceptors (Lipinski definition) is 3. The first-order valence-corrected chi connectivity index (χ1v) is 5.52. The first kappa shape index (κ1) is 13.9. The van der Waals surface area contributed by atoms with Gasteiger partial charge in [0.15, 0.2) is 0 Å². The van der Waals surface area contributed by atoms with Crippen LogP contribution in [0.15, 0.2) is 0 Å². The molecule has 0 aliphatic carbocycles. The molecule has 3 heteroatoms. The van der Waals surface area contributed by atoms with Gasteiger partial charge in [0.05, 0.1) is 12.7 Å². The quantitative estimate of drug-likeness (QED) is 0.626. The molecule has 0 aliphatic heterocycles. The van der Waals surface area contributed by atoms with Gasteiger partial charge in [-0.2, -0.15) is 0 Å². The molecule has 0 amide bonds. The highest BCUT2D eigenvalue weighted by molar-refractivity contribution is 4.70. The number of rotatable bonds is 8. The van der Waals surface area contributed by atoms with E-state index in [9.17, 15) is 5.11 Å². The smallest absolute Gasteiger partial charge is 0.0618 e. The molecule has 0 bridgehead atoms. The topological polar surface area (TPSA) is 41.5 Å². The van der Waals surface area contributed by atoms with E-state index >= 15 is 0 Å². The van der Waals surface area contributed by atoms with Gasteiger partial charge in [0.25, 0.3) is 0 Å². The molecule has 0 heterocycles. The molecule has 14 heavy (non-hydrogen) atoms. The third kappa shape index (κ3) is 6.35. The van der Waals surface area contributed by atoms with Gasteiger partial charge in [0, 0.05) is 13.2 Å². The Kier molecular flexibility index (Phi) is 8.14. The Hall–Kier alpha value is -0.120. The van der Waals surface area contributed by atoms with Gasteiger partial charge in [-0.3, -0.25) is 0 Å². The minimum absolute atomic E-state index is 0.169. The van der Waals surface area contributed by atoms with E-state index < -0.39 is 0 Å². The number of methoxy groups -OCH3 is 1. The molecule has 0 aromatic carbocycles. The molecule has 0 fully saturated rings. The summed E-state index contributed by atoms with van der Waals surface area (Å²) >= 11 is 0. The first-order valence-electron chi connectivity index (χ1n) is 5.52. The molecule has 2 atom stereocenters. The second kappa shape index (κ2) is 8.21. The van der Waals surface area contributed by atoms with Crippen LogP contribution >= 0.6 is 0 Å². The molecule has 0 rings (SSSR count). The summed E-state index contributed by atoms with van der Waals surface area (Å²) < 4.78 is 5.12. The summed E-state index contributed by atoms with van der Waals surface area (Å²) in [7, 11) is 1.72. The van der Waals surface area contributed by atoms with Crippen molar-refractivity contribution in [1.29, 1.82) is 0 Å². The van der Waals surface area contributed by atoms with Crippen molar-refractivity contribution in [3.05, 3.63) is 0 Å². The summed E-state index contributed by atoms with van der Waals surface area (Å²) in [6, 6.07) is 0.393. The Morgan fingerprint density at radius 1 is 1.36 bits per heavy atom. The zero-order valence-corrected chi connectivity index (χ0v) is 9.92. The number of ether oxygens (including phenoxy) is 1. The van der Waals surface area contributed by atoms with Crippen molar-refractivity contribution in [2.24, 2.45) is 5.92 Å². The van der Waals surface area contributed by atoms with Crippen molar-refractivity contribution in [3.63, 3.8) is 0 Å². The second-order valence-electron chi connectivity index (χ2n) is 4.11. The van der Waals surface area contributed by atoms with E-state index in [2.05, 4.69) is 19.2 Å². The summed E-state index contributed by atoms with van der Waals surface area (Å²) in [5.41, 5.74) is 0. The van der Waals surface area contributed by atoms with Crippen LogP contribution in [0.5, 0.6) is 0 Å². The molecule has 0 aromatic rings. The summed E-state index contributed by atoms with van der Waals surface area (Å²) in [5.74, 6) is 0.564. The number of aliphatic hydroxyl groups is 1. The number of aliphatic hydroxyl groups excluding tert-OH is 1. The predicted molar refractivity (Wildman–Crippen MR) is 59.4 cm³/mol. The maximum Gasteiger partial charge on any atom is 0.0618 e. The molecule has 86 valence electrons. The summed E-state index contributed by atoms with van der Waals surface area (Å²) in [4.78, 5) is 0. The average molecular weight is 203 g/mol. The minimum Gasteiger partial charge on any atom is -0.393 e. The van der Waals surface area contributed by atoms with Crippen molar-refractivity contribution in [3.8, 4) is 0 Å². The monoisotopic (exact) mass is 203 g/mol. The van der Waals surface area contributed by atoms with Crippen molar-refractivity contribution in [2.45, 2.75) is 45.8 Å². The normalized spacial score (nSPS) is 15.9. The van der Waals surface area contributed by atoms with E-state index in [0.29, 0.717) is 12.0 Å². The Morgan fingerprint density at radius 2 is 2.00 bits per heavy atom. The van der Waals surface area contributed by atoms with Gasteiger partial charge in [0.1, 0.15) is 0 Å². The molecular weight excluding hydrogens is 178 g/mol. The van der Waals surface area contributed by atoms with Gasteiger partial charge in [-0.1, -0.05) is 20.8 Å². The van der Waals surface area contributed by atoms with Crippen LogP contribution in [0.1, 0.15) is 33.6 Å². The summed E-state index contributed by atoms with van der Waals surface area (Å²) in [5, 5.41) is 12.8. The number of hydrogen-bond donors (Lipinski definition) is 2. The lowest BCUT2D eigenvalue weighted by atomic mass is 10.1. The largest absolute Gasteiger partial charge is 0.393 e. The van der Waals surface area contributed by atoms with Crippen LogP contribution in [0.4, 0.5) is 0 Å². The van der Waals surface area contributed by atoms with Crippen LogP contribution in [0.25, 0.3) is 0 Å². The minimum atomic E-state index is -0.169.